The van der Waals surface area contributed by atoms with Gasteiger partial charge in [0.25, 0.3) is 17.0 Å². The molecule has 0 atom stereocenters. The first-order chi connectivity index (χ1) is 57.0. The highest BCUT2D eigenvalue weighted by Gasteiger charge is 2.65. The van der Waals surface area contributed by atoms with Gasteiger partial charge in [0.15, 0.2) is 5.78 Å². The molecule has 14 rings (SSSR count). The quantitative estimate of drug-likeness (QED) is 0.0169. The van der Waals surface area contributed by atoms with E-state index in [9.17, 15) is 39.3 Å². The maximum Gasteiger partial charge on any atom is 0.333 e. The van der Waals surface area contributed by atoms with Gasteiger partial charge in [-0.05, 0) is 152 Å². The molecule has 4 fully saturated rings. The number of aromatic amines is 2. The van der Waals surface area contributed by atoms with Crippen LogP contribution in [-0.4, -0.2) is 150 Å². The number of H-pyrrole nitrogens is 2. The summed E-state index contributed by atoms with van der Waals surface area (Å²) in [6.45, 7) is 26.5. The Morgan fingerprint density at radius 3 is 1.42 bits per heavy atom. The van der Waals surface area contributed by atoms with E-state index in [0.717, 1.165) is 135 Å². The molecule has 0 bridgehead atoms. The third kappa shape index (κ3) is 20.5. The van der Waals surface area contributed by atoms with Gasteiger partial charge in [-0.2, -0.15) is 21.0 Å². The summed E-state index contributed by atoms with van der Waals surface area (Å²) in [7, 11) is 0. The fourth-order valence-electron chi connectivity index (χ4n) is 17.0. The molecule has 4 aliphatic rings. The molecule has 1 amide bonds. The van der Waals surface area contributed by atoms with Gasteiger partial charge in [-0.3, -0.25) is 53.1 Å². The molecule has 8 heterocycles. The summed E-state index contributed by atoms with van der Waals surface area (Å²) < 4.78 is 28.1. The van der Waals surface area contributed by atoms with E-state index in [1.54, 1.807) is 73.1 Å². The largest absolute Gasteiger partial charge is 0.494 e. The molecule has 120 heavy (non-hydrogen) atoms. The molecule has 0 unspecified atom stereocenters. The van der Waals surface area contributed by atoms with Crippen molar-refractivity contribution in [1.82, 2.24) is 54.6 Å². The van der Waals surface area contributed by atoms with Gasteiger partial charge >= 0.3 is 11.4 Å². The van der Waals surface area contributed by atoms with E-state index in [4.69, 9.17) is 52.7 Å². The molecule has 0 spiro atoms. The minimum Gasteiger partial charge on any atom is -0.494 e. The lowest BCUT2D eigenvalue weighted by atomic mass is 9.44. The van der Waals surface area contributed by atoms with Gasteiger partial charge in [0.1, 0.15) is 82.2 Å². The van der Waals surface area contributed by atoms with E-state index < -0.39 is 22.5 Å². The predicted molar refractivity (Wildman–Crippen MR) is 472 cm³/mol. The van der Waals surface area contributed by atoms with Crippen LogP contribution in [0, 0.1) is 72.9 Å². The van der Waals surface area contributed by atoms with E-state index in [-0.39, 0.29) is 76.1 Å². The van der Waals surface area contributed by atoms with Crippen molar-refractivity contribution in [2.24, 2.45) is 27.6 Å². The predicted octanol–water partition coefficient (Wildman–Crippen LogP) is 14.1. The molecule has 27 nitrogen and oxygen atoms in total. The average Bonchev–Trinajstić information content (AvgIpc) is 0.710. The molecule has 0 radical (unpaired) electrons. The number of ketones is 1. The Kier molecular flexibility index (Phi) is 29.1. The van der Waals surface area contributed by atoms with Crippen LogP contribution in [0.4, 0.5) is 11.6 Å². The smallest absolute Gasteiger partial charge is 0.333 e. The number of nitrogens with zero attached hydrogens (tertiary/aromatic N) is 13. The zero-order chi connectivity index (χ0) is 84.9. The second-order valence-electron chi connectivity index (χ2n) is 32.4. The molecule has 624 valence electrons. The summed E-state index contributed by atoms with van der Waals surface area (Å²) in [5, 5.41) is 45.4. The first kappa shape index (κ1) is 89.3. The van der Waals surface area contributed by atoms with Crippen LogP contribution in [0.15, 0.2) is 166 Å². The van der Waals surface area contributed by atoms with Crippen molar-refractivity contribution in [3.63, 3.8) is 0 Å². The van der Waals surface area contributed by atoms with Crippen molar-refractivity contribution >= 4 is 90.9 Å². The number of hydrogen-bond donors (Lipinski definition) is 4. The van der Waals surface area contributed by atoms with Crippen LogP contribution in [0.5, 0.6) is 23.0 Å². The van der Waals surface area contributed by atoms with Crippen molar-refractivity contribution in [2.45, 2.75) is 126 Å². The Labute approximate surface area is 720 Å². The Morgan fingerprint density at radius 1 is 0.517 bits per heavy atom. The van der Waals surface area contributed by atoms with Crippen LogP contribution in [0.1, 0.15) is 151 Å². The monoisotopic (exact) mass is 1770 g/mol. The number of ether oxygens (including phenoxy) is 4. The van der Waals surface area contributed by atoms with Crippen LogP contribution in [0.2, 0.25) is 10.0 Å². The maximum atomic E-state index is 13.4. The highest BCUT2D eigenvalue weighted by Crippen LogP contribution is 2.62. The molecule has 30 heteroatoms. The van der Waals surface area contributed by atoms with E-state index in [1.165, 1.54) is 40.3 Å². The highest BCUT2D eigenvalue weighted by molar-refractivity contribution is 14.1. The first-order valence-electron chi connectivity index (χ1n) is 39.6. The number of carbonyl (C=O) groups excluding carboxylic acids is 2. The lowest BCUT2D eigenvalue weighted by molar-refractivity contribution is -0.196. The second-order valence-corrected chi connectivity index (χ2v) is 34.3. The number of aromatic nitrogens is 8. The number of pyridine rings is 4. The van der Waals surface area contributed by atoms with Gasteiger partial charge in [-0.25, -0.2) is 19.6 Å². The van der Waals surface area contributed by atoms with Gasteiger partial charge in [0.2, 0.25) is 0 Å². The summed E-state index contributed by atoms with van der Waals surface area (Å²) in [6, 6.07) is 40.1. The van der Waals surface area contributed by atoms with Crippen LogP contribution in [0.25, 0.3) is 33.2 Å². The third-order valence-electron chi connectivity index (χ3n) is 22.9. The zero-order valence-corrected chi connectivity index (χ0v) is 71.3. The summed E-state index contributed by atoms with van der Waals surface area (Å²) in [5.74, 6) is 4.54. The van der Waals surface area contributed by atoms with Gasteiger partial charge in [0, 0.05) is 140 Å². The molecule has 2 aliphatic carbocycles. The molecule has 2 saturated heterocycles. The number of Topliss-reactive ketones (excluding diaryl/α,β-unsaturated/α-hetero) is 1. The molecule has 10 aromatic rings. The molecule has 6 aromatic heterocycles. The Balaban J connectivity index is 0.000000194. The van der Waals surface area contributed by atoms with E-state index >= 15 is 0 Å². The number of hydrogen-bond acceptors (Lipinski definition) is 22. The van der Waals surface area contributed by atoms with Gasteiger partial charge in [-0.1, -0.05) is 109 Å². The van der Waals surface area contributed by atoms with Gasteiger partial charge in [-0.15, -0.1) is 0 Å². The van der Waals surface area contributed by atoms with E-state index in [2.05, 4.69) is 145 Å². The number of nitrogens with one attached hydrogen (secondary N) is 4. The Bertz CT molecular complexity index is 5780. The summed E-state index contributed by atoms with van der Waals surface area (Å²) >= 11 is 14.8. The van der Waals surface area contributed by atoms with E-state index in [1.807, 2.05) is 60.7 Å². The van der Waals surface area contributed by atoms with Gasteiger partial charge < -0.3 is 39.4 Å². The van der Waals surface area contributed by atoms with Crippen LogP contribution in [-0.2, 0) is 0 Å². The molecular formula is C90H98Cl2IN17O10. The fourth-order valence-corrected chi connectivity index (χ4v) is 17.9. The first-order valence-corrected chi connectivity index (χ1v) is 41.9. The topological polar surface area (TPSA) is 361 Å². The third-order valence-corrected chi connectivity index (χ3v) is 24.3. The zero-order valence-electron chi connectivity index (χ0n) is 67.6. The number of fused-ring (bicyclic) bond motifs is 2. The highest BCUT2D eigenvalue weighted by atomic mass is 127. The normalized spacial score (nSPS) is 17.8. The van der Waals surface area contributed by atoms with Gasteiger partial charge in [0.05, 0.1) is 74.8 Å². The maximum absolute atomic E-state index is 13.4. The SMILES string of the molecule is C.CC1(C)C(CC(=O)c2ccc(N3CCNCC3)nc2)C(C)(C)C1Oc1ccc(C#N)c(Cl)c1.CC1(C)C(NC(=O)c2ccc(N3CCN(CCCCCOc4ccc5ncc(-n6cc(C#N)c(=O)[nH]c6=O)cc5c4)CC3)nc2)C(C)(C)C1Oc1ccc(C#N)c(Cl)c1.N#Cc1cn(-c2cnc3ccc(OCCCCCI)cc3c2)c(=O)[nH]c1=O. The molecule has 2 aliphatic heterocycles. The summed E-state index contributed by atoms with van der Waals surface area (Å²) in [5.41, 5.74) is 0.216. The number of alkyl halides is 1. The van der Waals surface area contributed by atoms with Crippen molar-refractivity contribution < 1.29 is 28.5 Å². The number of carbonyl (C=O) groups is 2. The lowest BCUT2D eigenvalue weighted by Crippen LogP contribution is -2.74. The lowest BCUT2D eigenvalue weighted by Gasteiger charge is -2.63. The number of rotatable bonds is 26. The number of halogens is 3. The van der Waals surface area contributed by atoms with Crippen LogP contribution >= 0.6 is 45.8 Å². The Hall–Kier alpha value is -11.5. The minimum absolute atomic E-state index is 0. The number of unbranched alkanes of at least 4 members (excludes halogenated alkanes) is 4. The molecule has 4 N–H and O–H groups in total. The fraction of sp³-hybridized carbons (Fsp3) is 0.400. The standard InChI is InChI=1S/C44H46ClN9O5.C26H31ClN4O2.C19H17IN4O3.CH4/c1-43(2)40(44(3,4)41(43)59-34-10-8-28(23-46)35(45)22-34)50-38(55)29-9-13-37(49-25-29)53-17-15-52(16-18-53)14-6-5-7-19-58-33-11-12-36-30(21-33)20-32(26-48-36)54-27-31(24-47)39(56)51-42(54)57;1-25(2)22(26(3,4)24(25)33-19-7-5-17(15-28)20(27)13-19)14-21(32)18-6-8-23(30-16-18)31-11-9-29-10-12-31;20-6-2-1-3-7-27-16-4-5-17-13(9-16)8-15(11-22-17)24-12-14(10-21)18(25)23-19(24)26;/h8-13,20-22,25-27,40-41H,5-7,14-19H2,1-4H3,(H,50,55)(H,51,56,57);5-8,13,16,22,24,29H,9-12,14H2,1-4H3;4-5,8-9,11-12H,1-3,6-7H2,(H,23,25,26);1H4. The Morgan fingerprint density at radius 2 is 0.967 bits per heavy atom. The molecular weight excluding hydrogens is 1680 g/mol. The number of nitriles is 4. The summed E-state index contributed by atoms with van der Waals surface area (Å²) in [4.78, 5) is 104. The van der Waals surface area contributed by atoms with Crippen molar-refractivity contribution in [1.29, 1.82) is 21.0 Å². The summed E-state index contributed by atoms with van der Waals surface area (Å²) in [6.07, 6.45) is 15.3. The molecule has 4 aromatic carbocycles. The van der Waals surface area contributed by atoms with Crippen LogP contribution in [0.3, 0.4) is 0 Å². The second kappa shape index (κ2) is 39.1. The number of anilines is 2. The average molecular weight is 1780 g/mol. The van der Waals surface area contributed by atoms with Crippen molar-refractivity contribution in [3.8, 4) is 58.6 Å². The number of piperazine rings is 2. The molecule has 2 saturated carbocycles. The number of benzene rings is 4. The van der Waals surface area contributed by atoms with Crippen LogP contribution < -0.4 is 61.9 Å². The number of amides is 1. The van der Waals surface area contributed by atoms with Crippen molar-refractivity contribution in [3.05, 3.63) is 231 Å². The van der Waals surface area contributed by atoms with Crippen molar-refractivity contribution in [2.75, 3.05) is 86.3 Å². The van der Waals surface area contributed by atoms with E-state index in [0.29, 0.717) is 80.6 Å². The minimum atomic E-state index is -0.726.